The van der Waals surface area contributed by atoms with Gasteiger partial charge in [0.25, 0.3) is 5.91 Å². The summed E-state index contributed by atoms with van der Waals surface area (Å²) in [5.74, 6) is 1.81. The molecule has 4 aromatic rings. The largest absolute Gasteiger partial charge is 0.497 e. The Kier molecular flexibility index (Phi) is 6.67. The molecule has 31 heavy (non-hydrogen) atoms. The van der Waals surface area contributed by atoms with Gasteiger partial charge in [-0.3, -0.25) is 4.79 Å². The highest BCUT2D eigenvalue weighted by Crippen LogP contribution is 2.20. The van der Waals surface area contributed by atoms with Crippen LogP contribution in [0.1, 0.15) is 28.2 Å². The third-order valence-corrected chi connectivity index (χ3v) is 5.68. The first-order valence-electron chi connectivity index (χ1n) is 10.2. The van der Waals surface area contributed by atoms with E-state index in [4.69, 9.17) is 9.72 Å². The van der Waals surface area contributed by atoms with Crippen molar-refractivity contribution >= 4 is 32.9 Å². The van der Waals surface area contributed by atoms with Gasteiger partial charge in [0, 0.05) is 29.5 Å². The maximum atomic E-state index is 12.3. The number of aromatic nitrogens is 2. The Bertz CT molecular complexity index is 1190. The van der Waals surface area contributed by atoms with Gasteiger partial charge in [-0.2, -0.15) is 0 Å². The van der Waals surface area contributed by atoms with E-state index in [0.29, 0.717) is 12.1 Å². The molecule has 1 heterocycles. The number of aryl methyl sites for hydroxylation is 1. The summed E-state index contributed by atoms with van der Waals surface area (Å²) in [6.45, 7) is 1.33. The number of hydrogen-bond donors (Lipinski definition) is 1. The average molecular weight is 478 g/mol. The summed E-state index contributed by atoms with van der Waals surface area (Å²) >= 11 is 3.40. The van der Waals surface area contributed by atoms with Crippen molar-refractivity contribution in [3.05, 3.63) is 94.2 Å². The number of fused-ring (bicyclic) bond motifs is 1. The zero-order valence-corrected chi connectivity index (χ0v) is 18.9. The maximum absolute atomic E-state index is 12.3. The monoisotopic (exact) mass is 477 g/mol. The van der Waals surface area contributed by atoms with Crippen molar-refractivity contribution in [3.8, 4) is 5.75 Å². The number of rotatable bonds is 8. The maximum Gasteiger partial charge on any atom is 0.251 e. The summed E-state index contributed by atoms with van der Waals surface area (Å²) in [5, 5.41) is 3.00. The number of nitrogens with zero attached hydrogens (tertiary/aromatic N) is 2. The molecule has 5 nitrogen and oxygen atoms in total. The number of carbonyl (C=O) groups excluding carboxylic acids is 1. The molecule has 1 N–H and O–H groups in total. The minimum atomic E-state index is -0.0620. The van der Waals surface area contributed by atoms with E-state index in [9.17, 15) is 4.79 Å². The first-order chi connectivity index (χ1) is 15.1. The van der Waals surface area contributed by atoms with Crippen molar-refractivity contribution in [1.29, 1.82) is 0 Å². The van der Waals surface area contributed by atoms with Gasteiger partial charge in [0.2, 0.25) is 0 Å². The Morgan fingerprint density at radius 2 is 1.87 bits per heavy atom. The molecule has 0 aliphatic rings. The predicted molar refractivity (Wildman–Crippen MR) is 127 cm³/mol. The molecule has 0 bridgehead atoms. The van der Waals surface area contributed by atoms with E-state index in [1.54, 1.807) is 7.11 Å². The molecule has 4 rings (SSSR count). The van der Waals surface area contributed by atoms with Crippen LogP contribution in [-0.4, -0.2) is 29.1 Å². The molecule has 0 spiro atoms. The molecule has 0 aliphatic heterocycles. The number of halogens is 1. The third-order valence-electron chi connectivity index (χ3n) is 5.18. The second-order valence-corrected chi connectivity index (χ2v) is 8.24. The van der Waals surface area contributed by atoms with Gasteiger partial charge in [-0.15, -0.1) is 0 Å². The molecule has 1 aromatic heterocycles. The quantitative estimate of drug-likeness (QED) is 0.354. The van der Waals surface area contributed by atoms with Gasteiger partial charge >= 0.3 is 0 Å². The van der Waals surface area contributed by atoms with Crippen LogP contribution in [0.4, 0.5) is 0 Å². The molecule has 0 saturated heterocycles. The van der Waals surface area contributed by atoms with Crippen molar-refractivity contribution < 1.29 is 9.53 Å². The summed E-state index contributed by atoms with van der Waals surface area (Å²) in [5.41, 5.74) is 3.95. The minimum absolute atomic E-state index is 0.0620. The van der Waals surface area contributed by atoms with Crippen LogP contribution >= 0.6 is 15.9 Å². The standard InChI is InChI=1S/C25H24BrN3O2/c1-31-21-13-11-18(12-14-21)17-29-23-9-3-2-8-22(23)28-24(29)10-5-15-27-25(30)19-6-4-7-20(26)16-19/h2-4,6-9,11-14,16H,5,10,15,17H2,1H3,(H,27,30). The molecule has 158 valence electrons. The lowest BCUT2D eigenvalue weighted by Crippen LogP contribution is -2.25. The Labute approximate surface area is 190 Å². The summed E-state index contributed by atoms with van der Waals surface area (Å²) in [6.07, 6.45) is 1.59. The predicted octanol–water partition coefficient (Wildman–Crippen LogP) is 5.22. The topological polar surface area (TPSA) is 56.1 Å². The molecule has 0 atom stereocenters. The lowest BCUT2D eigenvalue weighted by Gasteiger charge is -2.11. The summed E-state index contributed by atoms with van der Waals surface area (Å²) in [7, 11) is 1.67. The highest BCUT2D eigenvalue weighted by atomic mass is 79.9. The fourth-order valence-corrected chi connectivity index (χ4v) is 3.99. The fraction of sp³-hybridized carbons (Fsp3) is 0.200. The van der Waals surface area contributed by atoms with Gasteiger partial charge in [0.15, 0.2) is 0 Å². The molecule has 3 aromatic carbocycles. The summed E-state index contributed by atoms with van der Waals surface area (Å²) in [4.78, 5) is 17.2. The summed E-state index contributed by atoms with van der Waals surface area (Å²) < 4.78 is 8.42. The van der Waals surface area contributed by atoms with Gasteiger partial charge in [-0.25, -0.2) is 4.98 Å². The third kappa shape index (κ3) is 5.14. The van der Waals surface area contributed by atoms with E-state index in [1.807, 2.05) is 54.6 Å². The Morgan fingerprint density at radius 1 is 1.06 bits per heavy atom. The van der Waals surface area contributed by atoms with Crippen molar-refractivity contribution in [2.24, 2.45) is 0 Å². The van der Waals surface area contributed by atoms with Crippen LogP contribution in [0.5, 0.6) is 5.75 Å². The van der Waals surface area contributed by atoms with E-state index in [-0.39, 0.29) is 5.91 Å². The summed E-state index contributed by atoms with van der Waals surface area (Å²) in [6, 6.07) is 23.7. The molecule has 0 unspecified atom stereocenters. The van der Waals surface area contributed by atoms with Crippen LogP contribution < -0.4 is 10.1 Å². The number of hydrogen-bond acceptors (Lipinski definition) is 3. The fourth-order valence-electron chi connectivity index (χ4n) is 3.59. The van der Waals surface area contributed by atoms with Crippen LogP contribution in [0.3, 0.4) is 0 Å². The van der Waals surface area contributed by atoms with Crippen molar-refractivity contribution in [2.75, 3.05) is 13.7 Å². The number of benzene rings is 3. The first kappa shape index (κ1) is 21.1. The smallest absolute Gasteiger partial charge is 0.251 e. The number of carbonyl (C=O) groups is 1. The van der Waals surface area contributed by atoms with E-state index in [2.05, 4.69) is 44.0 Å². The van der Waals surface area contributed by atoms with Crippen LogP contribution in [0.2, 0.25) is 0 Å². The van der Waals surface area contributed by atoms with Crippen molar-refractivity contribution in [2.45, 2.75) is 19.4 Å². The second-order valence-electron chi connectivity index (χ2n) is 7.32. The van der Waals surface area contributed by atoms with Crippen LogP contribution in [-0.2, 0) is 13.0 Å². The minimum Gasteiger partial charge on any atom is -0.497 e. The molecule has 6 heteroatoms. The van der Waals surface area contributed by atoms with E-state index in [0.717, 1.165) is 46.5 Å². The first-order valence-corrected chi connectivity index (χ1v) is 11.0. The molecular weight excluding hydrogens is 454 g/mol. The number of nitrogens with one attached hydrogen (secondary N) is 1. The zero-order valence-electron chi connectivity index (χ0n) is 17.3. The SMILES string of the molecule is COc1ccc(Cn2c(CCCNC(=O)c3cccc(Br)c3)nc3ccccc32)cc1. The Morgan fingerprint density at radius 3 is 2.65 bits per heavy atom. The van der Waals surface area contributed by atoms with Crippen molar-refractivity contribution in [1.82, 2.24) is 14.9 Å². The highest BCUT2D eigenvalue weighted by Gasteiger charge is 2.12. The van der Waals surface area contributed by atoms with Gasteiger partial charge in [-0.05, 0) is 54.4 Å². The van der Waals surface area contributed by atoms with Crippen LogP contribution in [0.25, 0.3) is 11.0 Å². The molecular formula is C25H24BrN3O2. The second kappa shape index (κ2) is 9.79. The zero-order chi connectivity index (χ0) is 21.6. The van der Waals surface area contributed by atoms with Crippen molar-refractivity contribution in [3.63, 3.8) is 0 Å². The number of amides is 1. The lowest BCUT2D eigenvalue weighted by atomic mass is 10.2. The highest BCUT2D eigenvalue weighted by molar-refractivity contribution is 9.10. The molecule has 0 aliphatic carbocycles. The van der Waals surface area contributed by atoms with Crippen LogP contribution in [0, 0.1) is 0 Å². The van der Waals surface area contributed by atoms with E-state index < -0.39 is 0 Å². The van der Waals surface area contributed by atoms with E-state index >= 15 is 0 Å². The van der Waals surface area contributed by atoms with Gasteiger partial charge < -0.3 is 14.6 Å². The molecule has 0 saturated carbocycles. The van der Waals surface area contributed by atoms with Crippen LogP contribution in [0.15, 0.2) is 77.3 Å². The average Bonchev–Trinajstić information content (AvgIpc) is 3.14. The number of imidazole rings is 1. The van der Waals surface area contributed by atoms with E-state index in [1.165, 1.54) is 5.56 Å². The molecule has 0 fully saturated rings. The number of ether oxygens (including phenoxy) is 1. The van der Waals surface area contributed by atoms with Gasteiger partial charge in [-0.1, -0.05) is 46.3 Å². The Hall–Kier alpha value is -3.12. The number of para-hydroxylation sites is 2. The Balaban J connectivity index is 1.44. The lowest BCUT2D eigenvalue weighted by molar-refractivity contribution is 0.0953. The molecule has 1 amide bonds. The molecule has 0 radical (unpaired) electrons. The number of methoxy groups -OCH3 is 1. The van der Waals surface area contributed by atoms with Gasteiger partial charge in [0.05, 0.1) is 18.1 Å². The normalized spacial score (nSPS) is 10.9. The van der Waals surface area contributed by atoms with Gasteiger partial charge in [0.1, 0.15) is 11.6 Å².